The van der Waals surface area contributed by atoms with E-state index in [-0.39, 0.29) is 17.3 Å². The van der Waals surface area contributed by atoms with E-state index >= 15 is 0 Å². The van der Waals surface area contributed by atoms with Gasteiger partial charge in [0.05, 0.1) is 15.7 Å². The lowest BCUT2D eigenvalue weighted by Gasteiger charge is -2.08. The molecule has 22 heavy (non-hydrogen) atoms. The molecular weight excluding hydrogens is 303 g/mol. The topological polar surface area (TPSA) is 86.2 Å². The van der Waals surface area contributed by atoms with Gasteiger partial charge in [-0.05, 0) is 29.8 Å². The third kappa shape index (κ3) is 2.24. The molecule has 1 aliphatic rings. The SMILES string of the molecule is NC[C@]1(N)[C@@H](c2ccc(F)cc2)[C@@H]1S(=O)(=O)c1ccccc1. The first-order valence-electron chi connectivity index (χ1n) is 6.94. The fourth-order valence-electron chi connectivity index (χ4n) is 3.05. The summed E-state index contributed by atoms with van der Waals surface area (Å²) in [6.45, 7) is 0.0474. The first-order valence-corrected chi connectivity index (χ1v) is 8.49. The Bertz CT molecular complexity index is 778. The minimum Gasteiger partial charge on any atom is -0.329 e. The maximum Gasteiger partial charge on any atom is 0.183 e. The van der Waals surface area contributed by atoms with Crippen molar-refractivity contribution in [2.45, 2.75) is 21.6 Å². The van der Waals surface area contributed by atoms with Crippen LogP contribution in [0.3, 0.4) is 0 Å². The van der Waals surface area contributed by atoms with Gasteiger partial charge in [0.1, 0.15) is 5.82 Å². The number of nitrogens with two attached hydrogens (primary N) is 2. The van der Waals surface area contributed by atoms with Crippen molar-refractivity contribution in [1.29, 1.82) is 0 Å². The molecule has 0 aliphatic heterocycles. The molecule has 1 aliphatic carbocycles. The molecule has 2 aromatic rings. The van der Waals surface area contributed by atoms with Crippen LogP contribution in [0.15, 0.2) is 59.5 Å². The molecule has 3 atom stereocenters. The summed E-state index contributed by atoms with van der Waals surface area (Å²) in [4.78, 5) is 0.230. The van der Waals surface area contributed by atoms with Crippen molar-refractivity contribution < 1.29 is 12.8 Å². The number of benzene rings is 2. The Hall–Kier alpha value is -1.76. The highest BCUT2D eigenvalue weighted by Crippen LogP contribution is 2.55. The smallest absolute Gasteiger partial charge is 0.183 e. The van der Waals surface area contributed by atoms with Gasteiger partial charge in [0.25, 0.3) is 0 Å². The molecule has 0 heterocycles. The molecule has 0 aromatic heterocycles. The normalized spacial score (nSPS) is 27.6. The van der Waals surface area contributed by atoms with Gasteiger partial charge in [-0.3, -0.25) is 0 Å². The lowest BCUT2D eigenvalue weighted by molar-refractivity contribution is 0.586. The standard InChI is InChI=1S/C16H17FN2O2S/c17-12-8-6-11(7-9-12)14-15(16(14,19)10-18)22(20,21)13-4-2-1-3-5-13/h1-9,14-15H,10,18-19H2/t14-,15-,16-/m0/s1. The van der Waals surface area contributed by atoms with Crippen LogP contribution in [0, 0.1) is 5.82 Å². The fraction of sp³-hybridized carbons (Fsp3) is 0.250. The van der Waals surface area contributed by atoms with Crippen molar-refractivity contribution in [2.24, 2.45) is 11.5 Å². The summed E-state index contributed by atoms with van der Waals surface area (Å²) in [6.07, 6.45) is 0. The number of halogens is 1. The monoisotopic (exact) mass is 320 g/mol. The van der Waals surface area contributed by atoms with Crippen LogP contribution in [0.2, 0.25) is 0 Å². The molecule has 2 aromatic carbocycles. The summed E-state index contributed by atoms with van der Waals surface area (Å²) in [5.41, 5.74) is 11.6. The molecule has 0 unspecified atom stereocenters. The van der Waals surface area contributed by atoms with E-state index in [9.17, 15) is 12.8 Å². The highest BCUT2D eigenvalue weighted by atomic mass is 32.2. The zero-order chi connectivity index (χ0) is 16.0. The van der Waals surface area contributed by atoms with E-state index in [1.165, 1.54) is 12.1 Å². The molecule has 0 amide bonds. The number of hydrogen-bond acceptors (Lipinski definition) is 4. The summed E-state index contributed by atoms with van der Waals surface area (Å²) in [5, 5.41) is -0.794. The highest BCUT2D eigenvalue weighted by Gasteiger charge is 2.68. The van der Waals surface area contributed by atoms with Crippen LogP contribution in [0.25, 0.3) is 0 Å². The van der Waals surface area contributed by atoms with E-state index < -0.39 is 26.5 Å². The molecule has 0 radical (unpaired) electrons. The summed E-state index contributed by atoms with van der Waals surface area (Å²) in [6, 6.07) is 13.9. The second-order valence-corrected chi connectivity index (χ2v) is 7.69. The third-order valence-electron chi connectivity index (χ3n) is 4.29. The third-order valence-corrected chi connectivity index (χ3v) is 6.60. The maximum absolute atomic E-state index is 13.1. The zero-order valence-electron chi connectivity index (χ0n) is 11.8. The van der Waals surface area contributed by atoms with Crippen LogP contribution >= 0.6 is 0 Å². The largest absolute Gasteiger partial charge is 0.329 e. The van der Waals surface area contributed by atoms with Gasteiger partial charge < -0.3 is 11.5 Å². The molecule has 0 saturated heterocycles. The van der Waals surface area contributed by atoms with Gasteiger partial charge in [0, 0.05) is 12.5 Å². The minimum atomic E-state index is -3.59. The first-order chi connectivity index (χ1) is 10.4. The molecule has 6 heteroatoms. The molecule has 4 N–H and O–H groups in total. The summed E-state index contributed by atoms with van der Waals surface area (Å²) in [5.74, 6) is -0.800. The van der Waals surface area contributed by atoms with Crippen LogP contribution in [0.1, 0.15) is 11.5 Å². The fourth-order valence-corrected chi connectivity index (χ4v) is 5.39. The van der Waals surface area contributed by atoms with Crippen LogP contribution in [-0.2, 0) is 9.84 Å². The van der Waals surface area contributed by atoms with Crippen LogP contribution in [0.4, 0.5) is 4.39 Å². The van der Waals surface area contributed by atoms with Crippen LogP contribution < -0.4 is 11.5 Å². The van der Waals surface area contributed by atoms with E-state index in [1.807, 2.05) is 0 Å². The predicted octanol–water partition coefficient (Wildman–Crippen LogP) is 1.42. The van der Waals surface area contributed by atoms with Crippen molar-refractivity contribution in [3.8, 4) is 0 Å². The molecule has 0 bridgehead atoms. The Morgan fingerprint density at radius 3 is 2.18 bits per heavy atom. The van der Waals surface area contributed by atoms with E-state index in [0.29, 0.717) is 5.56 Å². The van der Waals surface area contributed by atoms with Gasteiger partial charge in [0.15, 0.2) is 9.84 Å². The second kappa shape index (κ2) is 5.15. The van der Waals surface area contributed by atoms with E-state index in [4.69, 9.17) is 11.5 Å². The van der Waals surface area contributed by atoms with E-state index in [2.05, 4.69) is 0 Å². The quantitative estimate of drug-likeness (QED) is 0.892. The Morgan fingerprint density at radius 2 is 1.64 bits per heavy atom. The number of rotatable bonds is 4. The highest BCUT2D eigenvalue weighted by molar-refractivity contribution is 7.92. The Balaban J connectivity index is 2.02. The van der Waals surface area contributed by atoms with Crippen LogP contribution in [-0.4, -0.2) is 25.8 Å². The molecule has 0 spiro atoms. The van der Waals surface area contributed by atoms with Crippen molar-refractivity contribution in [3.63, 3.8) is 0 Å². The van der Waals surface area contributed by atoms with Crippen molar-refractivity contribution in [3.05, 3.63) is 66.0 Å². The lowest BCUT2D eigenvalue weighted by Crippen LogP contribution is -2.39. The summed E-state index contributed by atoms with van der Waals surface area (Å²) < 4.78 is 38.7. The molecule has 3 rings (SSSR count). The van der Waals surface area contributed by atoms with E-state index in [0.717, 1.165) is 0 Å². The Kier molecular flexibility index (Phi) is 3.55. The molecule has 1 fully saturated rings. The molecule has 116 valence electrons. The van der Waals surface area contributed by atoms with Crippen molar-refractivity contribution >= 4 is 9.84 Å². The van der Waals surface area contributed by atoms with Gasteiger partial charge in [-0.25, -0.2) is 12.8 Å². The molecule has 1 saturated carbocycles. The number of sulfone groups is 1. The van der Waals surface area contributed by atoms with Crippen molar-refractivity contribution in [2.75, 3.05) is 6.54 Å². The zero-order valence-corrected chi connectivity index (χ0v) is 12.6. The minimum absolute atomic E-state index is 0.0474. The Morgan fingerprint density at radius 1 is 1.05 bits per heavy atom. The van der Waals surface area contributed by atoms with Gasteiger partial charge >= 0.3 is 0 Å². The van der Waals surface area contributed by atoms with Crippen molar-refractivity contribution in [1.82, 2.24) is 0 Å². The summed E-state index contributed by atoms with van der Waals surface area (Å²) >= 11 is 0. The molecule has 4 nitrogen and oxygen atoms in total. The average Bonchev–Trinajstić information content (AvgIpc) is 3.17. The maximum atomic E-state index is 13.1. The van der Waals surface area contributed by atoms with Gasteiger partial charge in [-0.1, -0.05) is 30.3 Å². The predicted molar refractivity (Wildman–Crippen MR) is 82.5 cm³/mol. The Labute approximate surface area is 128 Å². The summed E-state index contributed by atoms with van der Waals surface area (Å²) in [7, 11) is -3.59. The number of hydrogen-bond donors (Lipinski definition) is 2. The van der Waals surface area contributed by atoms with Crippen LogP contribution in [0.5, 0.6) is 0 Å². The molecular formula is C16H17FN2O2S. The lowest BCUT2D eigenvalue weighted by atomic mass is 10.1. The first kappa shape index (κ1) is 15.1. The van der Waals surface area contributed by atoms with Gasteiger partial charge in [-0.15, -0.1) is 0 Å². The van der Waals surface area contributed by atoms with Gasteiger partial charge in [-0.2, -0.15) is 0 Å². The average molecular weight is 320 g/mol. The van der Waals surface area contributed by atoms with Gasteiger partial charge in [0.2, 0.25) is 0 Å². The van der Waals surface area contributed by atoms with E-state index in [1.54, 1.807) is 42.5 Å². The second-order valence-electron chi connectivity index (χ2n) is 5.62.